The Bertz CT molecular complexity index is 722. The lowest BCUT2D eigenvalue weighted by Gasteiger charge is -2.15. The Labute approximate surface area is 133 Å². The second kappa shape index (κ2) is 6.34. The van der Waals surface area contributed by atoms with E-state index in [4.69, 9.17) is 4.42 Å². The highest BCUT2D eigenvalue weighted by atomic mass is 79.9. The molecule has 1 N–H and O–H groups in total. The second-order valence-electron chi connectivity index (χ2n) is 5.20. The van der Waals surface area contributed by atoms with Gasteiger partial charge in [-0.1, -0.05) is 29.8 Å². The third-order valence-corrected chi connectivity index (χ3v) is 5.53. The van der Waals surface area contributed by atoms with Gasteiger partial charge in [0.1, 0.15) is 5.76 Å². The molecule has 2 aromatic rings. The van der Waals surface area contributed by atoms with E-state index in [9.17, 15) is 8.42 Å². The van der Waals surface area contributed by atoms with E-state index in [2.05, 4.69) is 20.7 Å². The van der Waals surface area contributed by atoms with Gasteiger partial charge in [0.25, 0.3) is 0 Å². The summed E-state index contributed by atoms with van der Waals surface area (Å²) in [6.07, 6.45) is 1.52. The van der Waals surface area contributed by atoms with Crippen molar-refractivity contribution < 1.29 is 12.8 Å². The summed E-state index contributed by atoms with van der Waals surface area (Å²) >= 11 is 3.46. The van der Waals surface area contributed by atoms with Crippen LogP contribution in [0.3, 0.4) is 0 Å². The molecule has 6 heteroatoms. The van der Waals surface area contributed by atoms with E-state index in [-0.39, 0.29) is 12.5 Å². The Morgan fingerprint density at radius 2 is 2.05 bits per heavy atom. The van der Waals surface area contributed by atoms with Crippen molar-refractivity contribution in [1.82, 2.24) is 4.72 Å². The molecule has 0 bridgehead atoms. The molecule has 0 fully saturated rings. The molecule has 0 saturated heterocycles. The molecule has 0 saturated carbocycles. The van der Waals surface area contributed by atoms with Gasteiger partial charge in [0.2, 0.25) is 10.0 Å². The molecule has 1 heterocycles. The van der Waals surface area contributed by atoms with E-state index in [0.29, 0.717) is 10.7 Å². The van der Waals surface area contributed by atoms with Gasteiger partial charge in [-0.25, -0.2) is 13.1 Å². The first kappa shape index (κ1) is 16.3. The summed E-state index contributed by atoms with van der Waals surface area (Å²) in [5, 5.41) is 0. The van der Waals surface area contributed by atoms with Crippen molar-refractivity contribution in [1.29, 1.82) is 0 Å². The molecule has 2 rings (SSSR count). The Balaban J connectivity index is 2.36. The van der Waals surface area contributed by atoms with E-state index in [1.165, 1.54) is 6.26 Å². The summed E-state index contributed by atoms with van der Waals surface area (Å²) in [5.41, 5.74) is 1.68. The number of furan rings is 1. The number of sulfonamides is 1. The first-order valence-electron chi connectivity index (χ1n) is 6.63. The van der Waals surface area contributed by atoms with Crippen molar-refractivity contribution in [3.63, 3.8) is 0 Å². The average Bonchev–Trinajstić information content (AvgIpc) is 2.92. The van der Waals surface area contributed by atoms with Crippen molar-refractivity contribution in [2.45, 2.75) is 38.1 Å². The van der Waals surface area contributed by atoms with Gasteiger partial charge in [0.15, 0.2) is 0 Å². The van der Waals surface area contributed by atoms with Crippen molar-refractivity contribution in [2.24, 2.45) is 0 Å². The molecular weight excluding hydrogens is 354 g/mol. The highest BCUT2D eigenvalue weighted by molar-refractivity contribution is 9.10. The van der Waals surface area contributed by atoms with Crippen LogP contribution in [0.25, 0.3) is 0 Å². The zero-order chi connectivity index (χ0) is 15.6. The fraction of sp³-hybridized carbons (Fsp3) is 0.333. The number of aryl methyl sites for hydroxylation is 1. The quantitative estimate of drug-likeness (QED) is 0.865. The highest BCUT2D eigenvalue weighted by Crippen LogP contribution is 2.29. The standard InChI is InChI=1S/C15H18BrNO3S/c1-10(2)13-8-14(16)11(3)7-15(13)21(18,19)17-9-12-5-4-6-20-12/h4-8,10,17H,9H2,1-3H3. The molecular formula is C15H18BrNO3S. The molecule has 0 spiro atoms. The van der Waals surface area contributed by atoms with Gasteiger partial charge >= 0.3 is 0 Å². The van der Waals surface area contributed by atoms with Crippen molar-refractivity contribution in [2.75, 3.05) is 0 Å². The van der Waals surface area contributed by atoms with Crippen LogP contribution in [0.15, 0.2) is 44.3 Å². The first-order chi connectivity index (χ1) is 9.81. The highest BCUT2D eigenvalue weighted by Gasteiger charge is 2.21. The predicted molar refractivity (Wildman–Crippen MR) is 85.7 cm³/mol. The Morgan fingerprint density at radius 1 is 1.33 bits per heavy atom. The summed E-state index contributed by atoms with van der Waals surface area (Å²) < 4.78 is 33.7. The average molecular weight is 372 g/mol. The minimum Gasteiger partial charge on any atom is -0.468 e. The van der Waals surface area contributed by atoms with Gasteiger partial charge in [0.05, 0.1) is 17.7 Å². The van der Waals surface area contributed by atoms with Crippen LogP contribution in [-0.2, 0) is 16.6 Å². The lowest BCUT2D eigenvalue weighted by Crippen LogP contribution is -2.24. The van der Waals surface area contributed by atoms with Crippen LogP contribution in [0.5, 0.6) is 0 Å². The van der Waals surface area contributed by atoms with Gasteiger partial charge in [-0.05, 0) is 48.2 Å². The number of halogens is 1. The van der Waals surface area contributed by atoms with Gasteiger partial charge < -0.3 is 4.42 Å². The Morgan fingerprint density at radius 3 is 2.62 bits per heavy atom. The second-order valence-corrected chi connectivity index (χ2v) is 7.79. The fourth-order valence-corrected chi connectivity index (χ4v) is 3.80. The zero-order valence-electron chi connectivity index (χ0n) is 12.2. The molecule has 0 aliphatic rings. The third-order valence-electron chi connectivity index (χ3n) is 3.22. The molecule has 0 unspecified atom stereocenters. The maximum absolute atomic E-state index is 12.5. The molecule has 0 amide bonds. The topological polar surface area (TPSA) is 59.3 Å². The largest absolute Gasteiger partial charge is 0.468 e. The third kappa shape index (κ3) is 3.75. The first-order valence-corrected chi connectivity index (χ1v) is 8.91. The number of rotatable bonds is 5. The molecule has 0 aliphatic carbocycles. The van der Waals surface area contributed by atoms with Crippen LogP contribution in [-0.4, -0.2) is 8.42 Å². The van der Waals surface area contributed by atoms with Crippen LogP contribution in [0, 0.1) is 6.92 Å². The molecule has 114 valence electrons. The normalized spacial score (nSPS) is 12.0. The van der Waals surface area contributed by atoms with Crippen LogP contribution >= 0.6 is 15.9 Å². The monoisotopic (exact) mass is 371 g/mol. The summed E-state index contributed by atoms with van der Waals surface area (Å²) in [6, 6.07) is 7.04. The summed E-state index contributed by atoms with van der Waals surface area (Å²) in [5.74, 6) is 0.690. The van der Waals surface area contributed by atoms with E-state index < -0.39 is 10.0 Å². The predicted octanol–water partition coefficient (Wildman–Crippen LogP) is 3.95. The maximum Gasteiger partial charge on any atom is 0.241 e. The SMILES string of the molecule is Cc1cc(S(=O)(=O)NCc2ccco2)c(C(C)C)cc1Br. The lowest BCUT2D eigenvalue weighted by molar-refractivity contribution is 0.498. The van der Waals surface area contributed by atoms with Crippen molar-refractivity contribution >= 4 is 26.0 Å². The zero-order valence-corrected chi connectivity index (χ0v) is 14.6. The molecule has 21 heavy (non-hydrogen) atoms. The van der Waals surface area contributed by atoms with Gasteiger partial charge in [-0.15, -0.1) is 0 Å². The van der Waals surface area contributed by atoms with E-state index in [0.717, 1.165) is 15.6 Å². The molecule has 0 radical (unpaired) electrons. The van der Waals surface area contributed by atoms with Crippen LogP contribution in [0.1, 0.15) is 36.7 Å². The van der Waals surface area contributed by atoms with Crippen molar-refractivity contribution in [3.05, 3.63) is 51.9 Å². The smallest absolute Gasteiger partial charge is 0.241 e. The summed E-state index contributed by atoms with van der Waals surface area (Å²) in [4.78, 5) is 0.324. The minimum absolute atomic E-state index is 0.108. The number of benzene rings is 1. The maximum atomic E-state index is 12.5. The van der Waals surface area contributed by atoms with Crippen LogP contribution < -0.4 is 4.72 Å². The van der Waals surface area contributed by atoms with Crippen molar-refractivity contribution in [3.8, 4) is 0 Å². The molecule has 4 nitrogen and oxygen atoms in total. The Kier molecular flexibility index (Phi) is 4.91. The molecule has 1 aromatic heterocycles. The van der Waals surface area contributed by atoms with E-state index in [1.54, 1.807) is 18.2 Å². The Hall–Kier alpha value is -1.11. The van der Waals surface area contributed by atoms with E-state index >= 15 is 0 Å². The van der Waals surface area contributed by atoms with Gasteiger partial charge in [-0.2, -0.15) is 0 Å². The lowest BCUT2D eigenvalue weighted by atomic mass is 10.0. The van der Waals surface area contributed by atoms with Crippen LogP contribution in [0.4, 0.5) is 0 Å². The van der Waals surface area contributed by atoms with E-state index in [1.807, 2.05) is 26.8 Å². The number of hydrogen-bond donors (Lipinski definition) is 1. The number of hydrogen-bond acceptors (Lipinski definition) is 3. The fourth-order valence-electron chi connectivity index (χ4n) is 2.01. The van der Waals surface area contributed by atoms with Crippen LogP contribution in [0.2, 0.25) is 0 Å². The summed E-state index contributed by atoms with van der Waals surface area (Å²) in [7, 11) is -3.58. The molecule has 0 atom stereocenters. The number of nitrogens with one attached hydrogen (secondary N) is 1. The minimum atomic E-state index is -3.58. The summed E-state index contributed by atoms with van der Waals surface area (Å²) in [6.45, 7) is 5.97. The molecule has 0 aliphatic heterocycles. The molecule has 1 aromatic carbocycles. The van der Waals surface area contributed by atoms with Gasteiger partial charge in [-0.3, -0.25) is 0 Å². The van der Waals surface area contributed by atoms with Gasteiger partial charge in [0, 0.05) is 4.47 Å².